The topological polar surface area (TPSA) is 26.3 Å². The number of carbonyl (C=O) groups is 1. The van der Waals surface area contributed by atoms with Crippen molar-refractivity contribution in [1.82, 2.24) is 0 Å². The van der Waals surface area contributed by atoms with Crippen molar-refractivity contribution in [1.29, 1.82) is 0 Å². The highest BCUT2D eigenvalue weighted by molar-refractivity contribution is 9.10. The minimum Gasteiger partial charge on any atom is -0.492 e. The van der Waals surface area contributed by atoms with Gasteiger partial charge in [-0.15, -0.1) is 0 Å². The van der Waals surface area contributed by atoms with E-state index in [1.165, 1.54) is 12.1 Å². The first-order valence-electron chi connectivity index (χ1n) is 4.23. The molecule has 1 aromatic carbocycles. The van der Waals surface area contributed by atoms with Gasteiger partial charge in [0.2, 0.25) is 0 Å². The second-order valence-electron chi connectivity index (χ2n) is 2.68. The van der Waals surface area contributed by atoms with Gasteiger partial charge in [0.05, 0.1) is 11.1 Å². The Labute approximate surface area is 90.2 Å². The number of aldehydes is 1. The molecule has 0 N–H and O–H groups in total. The van der Waals surface area contributed by atoms with Crippen LogP contribution in [0.2, 0.25) is 0 Å². The van der Waals surface area contributed by atoms with Gasteiger partial charge in [-0.25, -0.2) is 4.39 Å². The first-order chi connectivity index (χ1) is 6.69. The van der Waals surface area contributed by atoms with Crippen LogP contribution in [-0.2, 0) is 11.2 Å². The fourth-order valence-corrected chi connectivity index (χ4v) is 1.75. The molecule has 0 aliphatic heterocycles. The predicted octanol–water partition coefficient (Wildman–Crippen LogP) is 2.73. The van der Waals surface area contributed by atoms with Crippen molar-refractivity contribution in [3.05, 3.63) is 28.0 Å². The Kier molecular flexibility index (Phi) is 4.07. The van der Waals surface area contributed by atoms with Crippen LogP contribution in [0.1, 0.15) is 12.5 Å². The Morgan fingerprint density at radius 1 is 1.57 bits per heavy atom. The third kappa shape index (κ3) is 2.54. The molecule has 0 atom stereocenters. The Hall–Kier alpha value is -0.900. The fourth-order valence-electron chi connectivity index (χ4n) is 1.16. The van der Waals surface area contributed by atoms with E-state index < -0.39 is 0 Å². The van der Waals surface area contributed by atoms with Crippen molar-refractivity contribution in [2.75, 3.05) is 6.61 Å². The lowest BCUT2D eigenvalue weighted by molar-refractivity contribution is -0.107. The van der Waals surface area contributed by atoms with E-state index in [-0.39, 0.29) is 12.2 Å². The van der Waals surface area contributed by atoms with Crippen LogP contribution in [0.5, 0.6) is 5.75 Å². The second-order valence-corrected chi connectivity index (χ2v) is 3.53. The highest BCUT2D eigenvalue weighted by Gasteiger charge is 2.09. The van der Waals surface area contributed by atoms with Crippen molar-refractivity contribution in [3.63, 3.8) is 0 Å². The van der Waals surface area contributed by atoms with Gasteiger partial charge in [-0.1, -0.05) is 0 Å². The van der Waals surface area contributed by atoms with Crippen molar-refractivity contribution in [2.45, 2.75) is 13.3 Å². The van der Waals surface area contributed by atoms with Crippen LogP contribution in [0.3, 0.4) is 0 Å². The lowest BCUT2D eigenvalue weighted by Crippen LogP contribution is -1.99. The van der Waals surface area contributed by atoms with E-state index in [2.05, 4.69) is 15.9 Å². The zero-order chi connectivity index (χ0) is 10.6. The summed E-state index contributed by atoms with van der Waals surface area (Å²) >= 11 is 3.19. The monoisotopic (exact) mass is 260 g/mol. The van der Waals surface area contributed by atoms with E-state index in [4.69, 9.17) is 4.74 Å². The van der Waals surface area contributed by atoms with E-state index in [1.807, 2.05) is 6.92 Å². The predicted molar refractivity (Wildman–Crippen MR) is 55.0 cm³/mol. The van der Waals surface area contributed by atoms with Gasteiger partial charge in [0.15, 0.2) is 0 Å². The zero-order valence-electron chi connectivity index (χ0n) is 7.72. The lowest BCUT2D eigenvalue weighted by Gasteiger charge is -2.10. The molecule has 4 heteroatoms. The Bertz CT molecular complexity index is 339. The van der Waals surface area contributed by atoms with E-state index in [0.29, 0.717) is 22.4 Å². The maximum atomic E-state index is 13.0. The van der Waals surface area contributed by atoms with Crippen LogP contribution in [0, 0.1) is 5.82 Å². The molecular weight excluding hydrogens is 251 g/mol. The van der Waals surface area contributed by atoms with Gasteiger partial charge in [-0.2, -0.15) is 0 Å². The minimum absolute atomic E-state index is 0.158. The molecule has 2 nitrogen and oxygen atoms in total. The summed E-state index contributed by atoms with van der Waals surface area (Å²) in [6.45, 7) is 2.32. The Morgan fingerprint density at radius 3 is 2.86 bits per heavy atom. The molecule has 76 valence electrons. The summed E-state index contributed by atoms with van der Waals surface area (Å²) in [5.74, 6) is 0.165. The van der Waals surface area contributed by atoms with Gasteiger partial charge in [0.1, 0.15) is 17.9 Å². The number of hydrogen-bond acceptors (Lipinski definition) is 2. The minimum atomic E-state index is -0.378. The third-order valence-corrected chi connectivity index (χ3v) is 2.27. The smallest absolute Gasteiger partial charge is 0.137 e. The average molecular weight is 261 g/mol. The summed E-state index contributed by atoms with van der Waals surface area (Å²) in [4.78, 5) is 10.4. The highest BCUT2D eigenvalue weighted by Crippen LogP contribution is 2.30. The lowest BCUT2D eigenvalue weighted by atomic mass is 10.1. The Balaban J connectivity index is 3.13. The average Bonchev–Trinajstić information content (AvgIpc) is 2.11. The number of halogens is 2. The van der Waals surface area contributed by atoms with Crippen LogP contribution in [0.25, 0.3) is 0 Å². The molecule has 0 fully saturated rings. The third-order valence-electron chi connectivity index (χ3n) is 1.68. The normalized spacial score (nSPS) is 9.93. The largest absolute Gasteiger partial charge is 0.492 e. The summed E-state index contributed by atoms with van der Waals surface area (Å²) in [6, 6.07) is 2.63. The van der Waals surface area contributed by atoms with Gasteiger partial charge in [0.25, 0.3) is 0 Å². The van der Waals surface area contributed by atoms with Gasteiger partial charge in [0, 0.05) is 12.0 Å². The second kappa shape index (κ2) is 5.10. The quantitative estimate of drug-likeness (QED) is 0.779. The van der Waals surface area contributed by atoms with Gasteiger partial charge < -0.3 is 9.53 Å². The first kappa shape index (κ1) is 11.2. The van der Waals surface area contributed by atoms with Crippen LogP contribution in [0.15, 0.2) is 16.6 Å². The van der Waals surface area contributed by atoms with Crippen molar-refractivity contribution >= 4 is 22.2 Å². The van der Waals surface area contributed by atoms with Crippen LogP contribution in [-0.4, -0.2) is 12.9 Å². The molecule has 0 heterocycles. The summed E-state index contributed by atoms with van der Waals surface area (Å²) in [6.07, 6.45) is 0.884. The van der Waals surface area contributed by atoms with E-state index in [1.54, 1.807) is 0 Å². The summed E-state index contributed by atoms with van der Waals surface area (Å²) in [7, 11) is 0. The number of hydrogen-bond donors (Lipinski definition) is 0. The van der Waals surface area contributed by atoms with Crippen LogP contribution < -0.4 is 4.74 Å². The summed E-state index contributed by atoms with van der Waals surface area (Å²) in [5.41, 5.74) is 0.564. The molecular formula is C10H10BrFO2. The van der Waals surface area contributed by atoms with E-state index >= 15 is 0 Å². The molecule has 0 aromatic heterocycles. The number of benzene rings is 1. The van der Waals surface area contributed by atoms with Gasteiger partial charge in [-0.05, 0) is 35.0 Å². The first-order valence-corrected chi connectivity index (χ1v) is 5.02. The highest BCUT2D eigenvalue weighted by atomic mass is 79.9. The molecule has 1 aromatic rings. The van der Waals surface area contributed by atoms with E-state index in [0.717, 1.165) is 6.29 Å². The maximum Gasteiger partial charge on any atom is 0.137 e. The summed E-state index contributed by atoms with van der Waals surface area (Å²) in [5, 5.41) is 0. The van der Waals surface area contributed by atoms with Crippen molar-refractivity contribution in [3.8, 4) is 5.75 Å². The van der Waals surface area contributed by atoms with Crippen LogP contribution >= 0.6 is 15.9 Å². The molecule has 0 aliphatic rings. The molecule has 0 aliphatic carbocycles. The SMILES string of the molecule is CCOc1c(Br)cc(F)cc1CC=O. The van der Waals surface area contributed by atoms with E-state index in [9.17, 15) is 9.18 Å². The standard InChI is InChI=1S/C10H10BrFO2/c1-2-14-10-7(3-4-13)5-8(12)6-9(10)11/h4-6H,2-3H2,1H3. The fraction of sp³-hybridized carbons (Fsp3) is 0.300. The van der Waals surface area contributed by atoms with Crippen LogP contribution in [0.4, 0.5) is 4.39 Å². The molecule has 0 radical (unpaired) electrons. The molecule has 0 saturated heterocycles. The molecule has 1 rings (SSSR count). The molecule has 14 heavy (non-hydrogen) atoms. The molecule has 0 saturated carbocycles. The molecule has 0 bridgehead atoms. The Morgan fingerprint density at radius 2 is 2.29 bits per heavy atom. The number of carbonyl (C=O) groups excluding carboxylic acids is 1. The molecule has 0 unspecified atom stereocenters. The van der Waals surface area contributed by atoms with Crippen molar-refractivity contribution < 1.29 is 13.9 Å². The number of ether oxygens (including phenoxy) is 1. The van der Waals surface area contributed by atoms with Gasteiger partial charge >= 0.3 is 0 Å². The zero-order valence-corrected chi connectivity index (χ0v) is 9.30. The van der Waals surface area contributed by atoms with Gasteiger partial charge in [-0.3, -0.25) is 0 Å². The van der Waals surface area contributed by atoms with Crippen molar-refractivity contribution in [2.24, 2.45) is 0 Å². The maximum absolute atomic E-state index is 13.0. The summed E-state index contributed by atoms with van der Waals surface area (Å²) < 4.78 is 18.8. The molecule has 0 amide bonds. The number of rotatable bonds is 4. The molecule has 0 spiro atoms.